The third-order valence-electron chi connectivity index (χ3n) is 2.81. The molecule has 1 aromatic carbocycles. The number of ether oxygens (including phenoxy) is 1. The fraction of sp³-hybridized carbons (Fsp3) is 0.143. The molecule has 0 unspecified atom stereocenters. The van der Waals surface area contributed by atoms with Crippen LogP contribution in [0.1, 0.15) is 5.56 Å². The van der Waals surface area contributed by atoms with Crippen molar-refractivity contribution >= 4 is 28.7 Å². The first-order chi connectivity index (χ1) is 9.11. The molecule has 2 N–H and O–H groups in total. The van der Waals surface area contributed by atoms with Crippen LogP contribution in [0.3, 0.4) is 0 Å². The molecule has 0 atom stereocenters. The standard InChI is InChI=1S/C14H15N3OS/c1-17(11-4-3-5-12(9-11)18-2)13-8-10(14(15)19)6-7-16-13/h3-9H,1-2H3,(H2,15,19). The molecule has 19 heavy (non-hydrogen) atoms. The Kier molecular flexibility index (Phi) is 3.97. The number of anilines is 2. The first-order valence-corrected chi connectivity index (χ1v) is 6.16. The number of pyridine rings is 1. The van der Waals surface area contributed by atoms with E-state index in [2.05, 4.69) is 4.98 Å². The molecule has 1 aromatic heterocycles. The molecule has 0 fully saturated rings. The molecule has 2 rings (SSSR count). The predicted molar refractivity (Wildman–Crippen MR) is 81.2 cm³/mol. The second-order valence-electron chi connectivity index (χ2n) is 4.03. The number of benzene rings is 1. The quantitative estimate of drug-likeness (QED) is 0.867. The normalized spacial score (nSPS) is 10.0. The van der Waals surface area contributed by atoms with E-state index in [1.54, 1.807) is 19.4 Å². The highest BCUT2D eigenvalue weighted by atomic mass is 32.1. The van der Waals surface area contributed by atoms with E-state index < -0.39 is 0 Å². The number of nitrogens with zero attached hydrogens (tertiary/aromatic N) is 2. The van der Waals surface area contributed by atoms with Crippen LogP contribution in [0.15, 0.2) is 42.6 Å². The van der Waals surface area contributed by atoms with Crippen molar-refractivity contribution in [3.05, 3.63) is 48.2 Å². The Labute approximate surface area is 117 Å². The Balaban J connectivity index is 2.35. The third kappa shape index (κ3) is 3.00. The fourth-order valence-electron chi connectivity index (χ4n) is 1.71. The van der Waals surface area contributed by atoms with Gasteiger partial charge in [-0.05, 0) is 24.3 Å². The van der Waals surface area contributed by atoms with E-state index >= 15 is 0 Å². The van der Waals surface area contributed by atoms with E-state index in [1.165, 1.54) is 0 Å². The van der Waals surface area contributed by atoms with E-state index in [0.717, 1.165) is 22.8 Å². The minimum atomic E-state index is 0.364. The topological polar surface area (TPSA) is 51.4 Å². The summed E-state index contributed by atoms with van der Waals surface area (Å²) < 4.78 is 5.21. The summed E-state index contributed by atoms with van der Waals surface area (Å²) in [5.41, 5.74) is 7.41. The highest BCUT2D eigenvalue weighted by Gasteiger charge is 2.07. The maximum absolute atomic E-state index is 5.63. The first kappa shape index (κ1) is 13.3. The lowest BCUT2D eigenvalue weighted by molar-refractivity contribution is 0.415. The Hall–Kier alpha value is -2.14. The second-order valence-corrected chi connectivity index (χ2v) is 4.47. The number of thiocarbonyl (C=S) groups is 1. The van der Waals surface area contributed by atoms with E-state index in [0.29, 0.717) is 4.99 Å². The van der Waals surface area contributed by atoms with Crippen LogP contribution < -0.4 is 15.4 Å². The molecule has 0 saturated carbocycles. The van der Waals surface area contributed by atoms with Crippen LogP contribution in [0.25, 0.3) is 0 Å². The average Bonchev–Trinajstić information content (AvgIpc) is 2.46. The molecule has 0 bridgehead atoms. The molecule has 4 nitrogen and oxygen atoms in total. The van der Waals surface area contributed by atoms with Crippen molar-refractivity contribution in [2.24, 2.45) is 5.73 Å². The van der Waals surface area contributed by atoms with Crippen molar-refractivity contribution < 1.29 is 4.74 Å². The Morgan fingerprint density at radius 1 is 1.32 bits per heavy atom. The van der Waals surface area contributed by atoms with Gasteiger partial charge in [0.05, 0.1) is 7.11 Å². The largest absolute Gasteiger partial charge is 0.497 e. The van der Waals surface area contributed by atoms with Gasteiger partial charge in [-0.2, -0.15) is 0 Å². The highest BCUT2D eigenvalue weighted by molar-refractivity contribution is 7.80. The van der Waals surface area contributed by atoms with Crippen LogP contribution in [-0.4, -0.2) is 24.1 Å². The van der Waals surface area contributed by atoms with Crippen molar-refractivity contribution in [2.45, 2.75) is 0 Å². The van der Waals surface area contributed by atoms with Gasteiger partial charge in [-0.25, -0.2) is 4.98 Å². The van der Waals surface area contributed by atoms with E-state index in [4.69, 9.17) is 22.7 Å². The molecule has 0 aliphatic heterocycles. The van der Waals surface area contributed by atoms with Crippen LogP contribution in [0, 0.1) is 0 Å². The van der Waals surface area contributed by atoms with E-state index in [-0.39, 0.29) is 0 Å². The first-order valence-electron chi connectivity index (χ1n) is 5.75. The molecule has 1 heterocycles. The molecule has 0 aliphatic rings. The summed E-state index contributed by atoms with van der Waals surface area (Å²) in [7, 11) is 3.57. The Bertz CT molecular complexity index is 601. The molecule has 0 amide bonds. The summed E-state index contributed by atoms with van der Waals surface area (Å²) in [6.45, 7) is 0. The average molecular weight is 273 g/mol. The van der Waals surface area contributed by atoms with Gasteiger partial charge in [0.2, 0.25) is 0 Å². The lowest BCUT2D eigenvalue weighted by atomic mass is 10.2. The number of nitrogens with two attached hydrogens (primary N) is 1. The zero-order chi connectivity index (χ0) is 13.8. The molecule has 0 spiro atoms. The summed E-state index contributed by atoms with van der Waals surface area (Å²) in [6, 6.07) is 11.4. The van der Waals surface area contributed by atoms with Crippen molar-refractivity contribution in [3.63, 3.8) is 0 Å². The molecular weight excluding hydrogens is 258 g/mol. The fourth-order valence-corrected chi connectivity index (χ4v) is 1.83. The van der Waals surface area contributed by atoms with Gasteiger partial charge >= 0.3 is 0 Å². The zero-order valence-electron chi connectivity index (χ0n) is 10.8. The van der Waals surface area contributed by atoms with Crippen molar-refractivity contribution in [3.8, 4) is 5.75 Å². The van der Waals surface area contributed by atoms with Gasteiger partial charge in [0, 0.05) is 30.6 Å². The van der Waals surface area contributed by atoms with Crippen LogP contribution in [-0.2, 0) is 0 Å². The molecule has 98 valence electrons. The number of hydrogen-bond acceptors (Lipinski definition) is 4. The van der Waals surface area contributed by atoms with Gasteiger partial charge in [0.25, 0.3) is 0 Å². The van der Waals surface area contributed by atoms with Crippen LogP contribution in [0.4, 0.5) is 11.5 Å². The van der Waals surface area contributed by atoms with Crippen molar-refractivity contribution in [1.82, 2.24) is 4.98 Å². The van der Waals surface area contributed by atoms with E-state index in [1.807, 2.05) is 42.3 Å². The smallest absolute Gasteiger partial charge is 0.133 e. The van der Waals surface area contributed by atoms with Crippen LogP contribution in [0.5, 0.6) is 5.75 Å². The van der Waals surface area contributed by atoms with Crippen LogP contribution in [0.2, 0.25) is 0 Å². The summed E-state index contributed by atoms with van der Waals surface area (Å²) in [6.07, 6.45) is 1.69. The Morgan fingerprint density at radius 2 is 2.11 bits per heavy atom. The van der Waals surface area contributed by atoms with Gasteiger partial charge in [-0.1, -0.05) is 18.3 Å². The van der Waals surface area contributed by atoms with E-state index in [9.17, 15) is 0 Å². The Morgan fingerprint density at radius 3 is 2.79 bits per heavy atom. The number of aromatic nitrogens is 1. The van der Waals surface area contributed by atoms with Gasteiger partial charge < -0.3 is 15.4 Å². The van der Waals surface area contributed by atoms with Crippen molar-refractivity contribution in [2.75, 3.05) is 19.1 Å². The minimum absolute atomic E-state index is 0.364. The monoisotopic (exact) mass is 273 g/mol. The second kappa shape index (κ2) is 5.67. The third-order valence-corrected chi connectivity index (χ3v) is 3.05. The highest BCUT2D eigenvalue weighted by Crippen LogP contribution is 2.25. The lowest BCUT2D eigenvalue weighted by Crippen LogP contribution is -2.14. The summed E-state index contributed by atoms with van der Waals surface area (Å²) in [5.74, 6) is 1.58. The van der Waals surface area contributed by atoms with Gasteiger partial charge in [0.1, 0.15) is 16.6 Å². The molecule has 2 aromatic rings. The minimum Gasteiger partial charge on any atom is -0.497 e. The van der Waals surface area contributed by atoms with Gasteiger partial charge in [-0.3, -0.25) is 0 Å². The number of hydrogen-bond donors (Lipinski definition) is 1. The van der Waals surface area contributed by atoms with Gasteiger partial charge in [0.15, 0.2) is 0 Å². The summed E-state index contributed by atoms with van der Waals surface area (Å²) >= 11 is 4.98. The zero-order valence-corrected chi connectivity index (χ0v) is 11.6. The molecule has 0 radical (unpaired) electrons. The van der Waals surface area contributed by atoms with Crippen LogP contribution >= 0.6 is 12.2 Å². The van der Waals surface area contributed by atoms with Gasteiger partial charge in [-0.15, -0.1) is 0 Å². The lowest BCUT2D eigenvalue weighted by Gasteiger charge is -2.19. The SMILES string of the molecule is COc1cccc(N(C)c2cc(C(N)=S)ccn2)c1. The predicted octanol–water partition coefficient (Wildman–Crippen LogP) is 2.49. The molecule has 0 aliphatic carbocycles. The molecular formula is C14H15N3OS. The summed E-state index contributed by atoms with van der Waals surface area (Å²) in [4.78, 5) is 6.64. The maximum atomic E-state index is 5.63. The molecule has 0 saturated heterocycles. The maximum Gasteiger partial charge on any atom is 0.133 e. The summed E-state index contributed by atoms with van der Waals surface area (Å²) in [5, 5.41) is 0. The number of methoxy groups -OCH3 is 1. The molecule has 5 heteroatoms. The number of rotatable bonds is 4. The van der Waals surface area contributed by atoms with Crippen molar-refractivity contribution in [1.29, 1.82) is 0 Å².